The van der Waals surface area contributed by atoms with Crippen LogP contribution < -0.4 is 10.2 Å². The molecule has 0 aliphatic rings. The number of nitrogens with zero attached hydrogens (tertiary/aromatic N) is 4. The van der Waals surface area contributed by atoms with Crippen LogP contribution in [-0.4, -0.2) is 52.2 Å². The molecule has 28 heavy (non-hydrogen) atoms. The molecule has 1 N–H and O–H groups in total. The van der Waals surface area contributed by atoms with Gasteiger partial charge in [0.25, 0.3) is 0 Å². The number of aromatic nitrogens is 3. The topological polar surface area (TPSA) is 89.3 Å². The van der Waals surface area contributed by atoms with Crippen molar-refractivity contribution in [2.24, 2.45) is 0 Å². The van der Waals surface area contributed by atoms with Crippen LogP contribution in [0.25, 0.3) is 11.4 Å². The number of benzene rings is 1. The molecule has 2 aromatic rings. The van der Waals surface area contributed by atoms with E-state index in [1.54, 1.807) is 6.92 Å². The number of imide groups is 1. The molecule has 152 valence electrons. The van der Waals surface area contributed by atoms with E-state index in [-0.39, 0.29) is 0 Å². The first-order valence-corrected chi connectivity index (χ1v) is 10.2. The van der Waals surface area contributed by atoms with E-state index in [0.717, 1.165) is 24.5 Å². The fourth-order valence-electron chi connectivity index (χ4n) is 2.75. The largest absolute Gasteiger partial charge is 0.453 e. The second kappa shape index (κ2) is 10.1. The van der Waals surface area contributed by atoms with Crippen LogP contribution in [0.2, 0.25) is 0 Å². The Bertz CT molecular complexity index is 802. The van der Waals surface area contributed by atoms with Crippen LogP contribution >= 0.6 is 11.8 Å². The Kier molecular flexibility index (Phi) is 7.86. The molecule has 9 heteroatoms. The van der Waals surface area contributed by atoms with Crippen molar-refractivity contribution in [1.29, 1.82) is 0 Å². The Morgan fingerprint density at radius 3 is 2.36 bits per heavy atom. The molecule has 0 aliphatic heterocycles. The number of nitrogens with one attached hydrogen (secondary N) is 1. The predicted octanol–water partition coefficient (Wildman–Crippen LogP) is 3.17. The number of carbonyl (C=O) groups is 2. The van der Waals surface area contributed by atoms with Crippen molar-refractivity contribution in [2.45, 2.75) is 44.6 Å². The molecule has 8 nitrogen and oxygen atoms in total. The zero-order valence-electron chi connectivity index (χ0n) is 16.9. The molecule has 0 radical (unpaired) electrons. The van der Waals surface area contributed by atoms with Crippen molar-refractivity contribution >= 4 is 29.4 Å². The fraction of sp³-hybridized carbons (Fsp3) is 0.474. The summed E-state index contributed by atoms with van der Waals surface area (Å²) in [4.78, 5) is 25.5. The van der Waals surface area contributed by atoms with Gasteiger partial charge in [-0.25, -0.2) is 4.79 Å². The minimum Gasteiger partial charge on any atom is -0.453 e. The molecule has 0 bridgehead atoms. The lowest BCUT2D eigenvalue weighted by Gasteiger charge is -2.21. The van der Waals surface area contributed by atoms with Gasteiger partial charge in [0.05, 0.1) is 12.4 Å². The maximum atomic E-state index is 12.1. The summed E-state index contributed by atoms with van der Waals surface area (Å²) >= 11 is 1.25. The van der Waals surface area contributed by atoms with Gasteiger partial charge >= 0.3 is 6.09 Å². The molecular weight excluding hydrogens is 378 g/mol. The third-order valence-electron chi connectivity index (χ3n) is 4.35. The number of carbonyl (C=O) groups excluding carboxylic acids is 2. The number of rotatable bonds is 8. The lowest BCUT2D eigenvalue weighted by Crippen LogP contribution is -2.36. The van der Waals surface area contributed by atoms with Gasteiger partial charge < -0.3 is 14.2 Å². The summed E-state index contributed by atoms with van der Waals surface area (Å²) in [6.07, 6.45) is -0.775. The molecule has 1 heterocycles. The molecule has 2 rings (SSSR count). The van der Waals surface area contributed by atoms with Crippen LogP contribution in [0.1, 0.15) is 27.7 Å². The second-order valence-electron chi connectivity index (χ2n) is 6.01. The van der Waals surface area contributed by atoms with Crippen LogP contribution in [-0.2, 0) is 16.1 Å². The minimum absolute atomic E-state index is 0.437. The van der Waals surface area contributed by atoms with E-state index in [1.165, 1.54) is 24.6 Å². The van der Waals surface area contributed by atoms with E-state index in [0.29, 0.717) is 11.7 Å². The van der Waals surface area contributed by atoms with E-state index >= 15 is 0 Å². The molecule has 0 fully saturated rings. The summed E-state index contributed by atoms with van der Waals surface area (Å²) in [5, 5.41) is 10.8. The van der Waals surface area contributed by atoms with E-state index < -0.39 is 17.3 Å². The average Bonchev–Trinajstić information content (AvgIpc) is 3.11. The first kappa shape index (κ1) is 21.7. The van der Waals surface area contributed by atoms with Gasteiger partial charge in [-0.1, -0.05) is 11.8 Å². The predicted molar refractivity (Wildman–Crippen MR) is 111 cm³/mol. The third-order valence-corrected chi connectivity index (χ3v) is 5.43. The average molecular weight is 406 g/mol. The number of anilines is 1. The first-order chi connectivity index (χ1) is 13.4. The van der Waals surface area contributed by atoms with Gasteiger partial charge in [0.2, 0.25) is 5.91 Å². The fourth-order valence-corrected chi connectivity index (χ4v) is 3.66. The number of thioether (sulfide) groups is 1. The minimum atomic E-state index is -0.775. The summed E-state index contributed by atoms with van der Waals surface area (Å²) in [7, 11) is 1.21. The van der Waals surface area contributed by atoms with Crippen LogP contribution in [0.4, 0.5) is 10.5 Å². The maximum Gasteiger partial charge on any atom is 0.413 e. The Hall–Kier alpha value is -2.55. The molecule has 0 aliphatic carbocycles. The summed E-state index contributed by atoms with van der Waals surface area (Å²) in [6.45, 7) is 10.5. The third kappa shape index (κ3) is 5.03. The van der Waals surface area contributed by atoms with Crippen LogP contribution in [0, 0.1) is 0 Å². The first-order valence-electron chi connectivity index (χ1n) is 9.29. The Morgan fingerprint density at radius 2 is 1.82 bits per heavy atom. The summed E-state index contributed by atoms with van der Waals surface area (Å²) in [5.41, 5.74) is 2.13. The number of ether oxygens (including phenoxy) is 1. The van der Waals surface area contributed by atoms with Crippen molar-refractivity contribution in [3.63, 3.8) is 0 Å². The number of hydrogen-bond donors (Lipinski definition) is 1. The lowest BCUT2D eigenvalue weighted by molar-refractivity contribution is -0.119. The summed E-state index contributed by atoms with van der Waals surface area (Å²) in [6, 6.07) is 8.23. The molecular formula is C19H27N5O3S. The summed E-state index contributed by atoms with van der Waals surface area (Å²) in [5.74, 6) is 0.310. The van der Waals surface area contributed by atoms with Crippen molar-refractivity contribution in [2.75, 3.05) is 25.1 Å². The standard InChI is InChI=1S/C19H27N5O3S/c1-6-23(7-2)15-11-9-14(10-12-15)16-21-22-18(24(16)8-3)28-13(4)17(25)20-19(26)27-5/h9-13H,6-8H2,1-5H3,(H,20,25,26)/t13-/m1/s1. The number of hydrogen-bond acceptors (Lipinski definition) is 7. The van der Waals surface area contributed by atoms with Gasteiger partial charge in [0.1, 0.15) is 0 Å². The van der Waals surface area contributed by atoms with E-state index in [2.05, 4.69) is 51.1 Å². The number of amides is 2. The normalized spacial score (nSPS) is 11.8. The van der Waals surface area contributed by atoms with E-state index in [9.17, 15) is 9.59 Å². The highest BCUT2D eigenvalue weighted by molar-refractivity contribution is 8.00. The highest BCUT2D eigenvalue weighted by Gasteiger charge is 2.22. The number of methoxy groups -OCH3 is 1. The summed E-state index contributed by atoms with van der Waals surface area (Å²) < 4.78 is 6.41. The molecule has 2 amide bonds. The van der Waals surface area contributed by atoms with Crippen molar-refractivity contribution in [3.05, 3.63) is 24.3 Å². The second-order valence-corrected chi connectivity index (χ2v) is 7.32. The molecule has 0 unspecified atom stereocenters. The van der Waals surface area contributed by atoms with Gasteiger partial charge in [-0.2, -0.15) is 0 Å². The van der Waals surface area contributed by atoms with Crippen molar-refractivity contribution < 1.29 is 14.3 Å². The van der Waals surface area contributed by atoms with Crippen molar-refractivity contribution in [1.82, 2.24) is 20.1 Å². The van der Waals surface area contributed by atoms with Crippen LogP contribution in [0.3, 0.4) is 0 Å². The SMILES string of the molecule is CCN(CC)c1ccc(-c2nnc(S[C@H](C)C(=O)NC(=O)OC)n2CC)cc1. The molecule has 0 spiro atoms. The maximum absolute atomic E-state index is 12.1. The monoisotopic (exact) mass is 405 g/mol. The quantitative estimate of drug-likeness (QED) is 0.675. The van der Waals surface area contributed by atoms with Gasteiger partial charge in [0, 0.05) is 30.9 Å². The molecule has 1 aromatic heterocycles. The van der Waals surface area contributed by atoms with E-state index in [4.69, 9.17) is 0 Å². The Morgan fingerprint density at radius 1 is 1.18 bits per heavy atom. The van der Waals surface area contributed by atoms with Gasteiger partial charge in [-0.15, -0.1) is 10.2 Å². The smallest absolute Gasteiger partial charge is 0.413 e. The zero-order valence-corrected chi connectivity index (χ0v) is 17.7. The number of alkyl carbamates (subject to hydrolysis) is 1. The van der Waals surface area contributed by atoms with E-state index in [1.807, 2.05) is 23.6 Å². The van der Waals surface area contributed by atoms with Crippen LogP contribution in [0.5, 0.6) is 0 Å². The Labute approximate surface area is 169 Å². The highest BCUT2D eigenvalue weighted by Crippen LogP contribution is 2.28. The molecule has 1 aromatic carbocycles. The van der Waals surface area contributed by atoms with Crippen LogP contribution in [0.15, 0.2) is 29.4 Å². The molecule has 1 atom stereocenters. The zero-order chi connectivity index (χ0) is 20.7. The van der Waals surface area contributed by atoms with Gasteiger partial charge in [-0.3, -0.25) is 10.1 Å². The Balaban J connectivity index is 2.19. The van der Waals surface area contributed by atoms with Gasteiger partial charge in [0.15, 0.2) is 11.0 Å². The highest BCUT2D eigenvalue weighted by atomic mass is 32.2. The van der Waals surface area contributed by atoms with Crippen molar-refractivity contribution in [3.8, 4) is 11.4 Å². The molecule has 0 saturated carbocycles. The lowest BCUT2D eigenvalue weighted by atomic mass is 10.2. The molecule has 0 saturated heterocycles. The van der Waals surface area contributed by atoms with Gasteiger partial charge in [-0.05, 0) is 52.0 Å².